The van der Waals surface area contributed by atoms with E-state index in [9.17, 15) is 4.79 Å². The van der Waals surface area contributed by atoms with Crippen LogP contribution in [0.15, 0.2) is 46.0 Å². The zero-order valence-electron chi connectivity index (χ0n) is 12.7. The summed E-state index contributed by atoms with van der Waals surface area (Å²) in [4.78, 5) is 16.0. The van der Waals surface area contributed by atoms with Gasteiger partial charge in [0.1, 0.15) is 0 Å². The molecule has 132 valence electrons. The molecule has 26 heavy (non-hydrogen) atoms. The second-order valence-electron chi connectivity index (χ2n) is 4.85. The molecule has 0 saturated carbocycles. The number of hydrogen-bond acceptors (Lipinski definition) is 5. The van der Waals surface area contributed by atoms with E-state index in [1.54, 1.807) is 36.4 Å². The number of benzene rings is 2. The van der Waals surface area contributed by atoms with Crippen LogP contribution in [0.25, 0.3) is 11.4 Å². The van der Waals surface area contributed by atoms with Gasteiger partial charge in [-0.2, -0.15) is 10.1 Å². The van der Waals surface area contributed by atoms with E-state index < -0.39 is 5.91 Å². The highest BCUT2D eigenvalue weighted by atomic mass is 35.5. The topological polar surface area (TPSA) is 80.4 Å². The highest BCUT2D eigenvalue weighted by Gasteiger charge is 2.19. The summed E-state index contributed by atoms with van der Waals surface area (Å²) >= 11 is 24.2. The Labute approximate surface area is 167 Å². The van der Waals surface area contributed by atoms with Crippen LogP contribution in [0, 0.1) is 0 Å². The van der Waals surface area contributed by atoms with Crippen LogP contribution in [0.4, 0.5) is 0 Å². The van der Waals surface area contributed by atoms with Crippen molar-refractivity contribution in [3.05, 3.63) is 67.9 Å². The first-order valence-corrected chi connectivity index (χ1v) is 8.54. The van der Waals surface area contributed by atoms with Gasteiger partial charge in [-0.3, -0.25) is 4.79 Å². The summed E-state index contributed by atoms with van der Waals surface area (Å²) < 4.78 is 4.92. The van der Waals surface area contributed by atoms with Crippen LogP contribution in [-0.2, 0) is 0 Å². The Morgan fingerprint density at radius 1 is 1.00 bits per heavy atom. The standard InChI is InChI=1S/C16H8Cl4N4O2/c17-9-3-1-4-10(18)8(9)7-21-23-15(25)16-22-14(24-26-16)13-11(19)5-2-6-12(13)20/h1-7H,(H,23,25)/b21-7+. The van der Waals surface area contributed by atoms with Crippen LogP contribution in [0.3, 0.4) is 0 Å². The van der Waals surface area contributed by atoms with Gasteiger partial charge in [0.2, 0.25) is 5.82 Å². The molecule has 0 aliphatic heterocycles. The van der Waals surface area contributed by atoms with Crippen molar-refractivity contribution in [2.24, 2.45) is 5.10 Å². The van der Waals surface area contributed by atoms with Gasteiger partial charge in [0.15, 0.2) is 0 Å². The lowest BCUT2D eigenvalue weighted by atomic mass is 10.2. The Balaban J connectivity index is 1.76. The largest absolute Gasteiger partial charge is 0.329 e. The van der Waals surface area contributed by atoms with Crippen molar-refractivity contribution >= 4 is 58.5 Å². The Hall–Kier alpha value is -2.12. The minimum absolute atomic E-state index is 0.0869. The van der Waals surface area contributed by atoms with Crippen LogP contribution in [0.2, 0.25) is 20.1 Å². The Bertz CT molecular complexity index is 963. The first-order chi connectivity index (χ1) is 12.5. The fourth-order valence-electron chi connectivity index (χ4n) is 1.97. The Kier molecular flexibility index (Phi) is 5.78. The smallest absolute Gasteiger partial charge is 0.328 e. The Morgan fingerprint density at radius 2 is 1.58 bits per heavy atom. The highest BCUT2D eigenvalue weighted by Crippen LogP contribution is 2.32. The molecule has 0 fully saturated rings. The van der Waals surface area contributed by atoms with Gasteiger partial charge >= 0.3 is 11.8 Å². The predicted molar refractivity (Wildman–Crippen MR) is 101 cm³/mol. The van der Waals surface area contributed by atoms with Crippen molar-refractivity contribution in [1.82, 2.24) is 15.6 Å². The van der Waals surface area contributed by atoms with Gasteiger partial charge in [-0.1, -0.05) is 63.7 Å². The molecule has 0 unspecified atom stereocenters. The number of amides is 1. The molecular formula is C16H8Cl4N4O2. The van der Waals surface area contributed by atoms with Crippen molar-refractivity contribution < 1.29 is 9.32 Å². The van der Waals surface area contributed by atoms with Gasteiger partial charge in [0.25, 0.3) is 0 Å². The van der Waals surface area contributed by atoms with Crippen molar-refractivity contribution in [2.75, 3.05) is 0 Å². The molecule has 1 N–H and O–H groups in total. The number of carbonyl (C=O) groups excluding carboxylic acids is 1. The van der Waals surface area contributed by atoms with E-state index >= 15 is 0 Å². The molecule has 1 amide bonds. The van der Waals surface area contributed by atoms with Crippen LogP contribution in [0.1, 0.15) is 16.2 Å². The zero-order chi connectivity index (χ0) is 18.7. The maximum atomic E-state index is 12.1. The van der Waals surface area contributed by atoms with E-state index in [0.29, 0.717) is 31.2 Å². The monoisotopic (exact) mass is 428 g/mol. The molecule has 0 aliphatic rings. The van der Waals surface area contributed by atoms with Crippen LogP contribution >= 0.6 is 46.4 Å². The average Bonchev–Trinajstić information content (AvgIpc) is 3.07. The van der Waals surface area contributed by atoms with E-state index in [1.165, 1.54) is 6.21 Å². The SMILES string of the molecule is O=C(N/N=C/c1c(Cl)cccc1Cl)c1nc(-c2c(Cl)cccc2Cl)no1. The van der Waals surface area contributed by atoms with Gasteiger partial charge in [-0.05, 0) is 24.3 Å². The molecule has 0 spiro atoms. The first kappa shape index (κ1) is 18.7. The first-order valence-electron chi connectivity index (χ1n) is 7.03. The summed E-state index contributed by atoms with van der Waals surface area (Å²) in [6, 6.07) is 9.91. The number of hydrazone groups is 1. The number of carbonyl (C=O) groups is 1. The normalized spacial score (nSPS) is 11.1. The average molecular weight is 430 g/mol. The minimum Gasteiger partial charge on any atom is -0.328 e. The van der Waals surface area contributed by atoms with Gasteiger partial charge in [0, 0.05) is 5.56 Å². The minimum atomic E-state index is -0.716. The van der Waals surface area contributed by atoms with Crippen LogP contribution in [-0.4, -0.2) is 22.3 Å². The van der Waals surface area contributed by atoms with Crippen LogP contribution in [0.5, 0.6) is 0 Å². The summed E-state index contributed by atoms with van der Waals surface area (Å²) in [5.74, 6) is -0.936. The van der Waals surface area contributed by atoms with E-state index in [1.807, 2.05) is 0 Å². The van der Waals surface area contributed by atoms with Crippen molar-refractivity contribution in [3.63, 3.8) is 0 Å². The number of halogens is 4. The van der Waals surface area contributed by atoms with Gasteiger partial charge in [0.05, 0.1) is 31.9 Å². The molecule has 0 aliphatic carbocycles. The lowest BCUT2D eigenvalue weighted by Crippen LogP contribution is -2.18. The fourth-order valence-corrected chi connectivity index (χ4v) is 3.03. The molecule has 1 aromatic heterocycles. The third-order valence-corrected chi connectivity index (χ3v) is 4.46. The van der Waals surface area contributed by atoms with Gasteiger partial charge in [-0.15, -0.1) is 0 Å². The van der Waals surface area contributed by atoms with Gasteiger partial charge < -0.3 is 4.52 Å². The number of rotatable bonds is 4. The highest BCUT2D eigenvalue weighted by molar-refractivity contribution is 6.39. The molecule has 3 rings (SSSR count). The molecule has 0 saturated heterocycles. The second-order valence-corrected chi connectivity index (χ2v) is 6.48. The zero-order valence-corrected chi connectivity index (χ0v) is 15.7. The van der Waals surface area contributed by atoms with Crippen molar-refractivity contribution in [1.29, 1.82) is 0 Å². The molecule has 3 aromatic rings. The maximum absolute atomic E-state index is 12.1. The fraction of sp³-hybridized carbons (Fsp3) is 0. The van der Waals surface area contributed by atoms with E-state index in [-0.39, 0.29) is 11.7 Å². The summed E-state index contributed by atoms with van der Waals surface area (Å²) in [5.41, 5.74) is 3.08. The van der Waals surface area contributed by atoms with E-state index in [2.05, 4.69) is 20.7 Å². The summed E-state index contributed by atoms with van der Waals surface area (Å²) in [6.45, 7) is 0. The molecule has 0 radical (unpaired) electrons. The predicted octanol–water partition coefficient (Wildman–Crippen LogP) is 5.11. The summed E-state index contributed by atoms with van der Waals surface area (Å²) in [5, 5.41) is 8.94. The van der Waals surface area contributed by atoms with E-state index in [0.717, 1.165) is 0 Å². The summed E-state index contributed by atoms with van der Waals surface area (Å²) in [6.07, 6.45) is 1.31. The molecule has 0 atom stereocenters. The lowest BCUT2D eigenvalue weighted by Gasteiger charge is -2.00. The third-order valence-electron chi connectivity index (χ3n) is 3.17. The maximum Gasteiger partial charge on any atom is 0.329 e. The molecule has 6 nitrogen and oxygen atoms in total. The molecule has 2 aromatic carbocycles. The quantitative estimate of drug-likeness (QED) is 0.461. The number of aromatic nitrogens is 2. The third kappa shape index (κ3) is 3.99. The number of hydrogen-bond donors (Lipinski definition) is 1. The number of nitrogens with zero attached hydrogens (tertiary/aromatic N) is 3. The molecule has 1 heterocycles. The summed E-state index contributed by atoms with van der Waals surface area (Å²) in [7, 11) is 0. The second kappa shape index (κ2) is 8.05. The number of nitrogens with one attached hydrogen (secondary N) is 1. The van der Waals surface area contributed by atoms with Crippen molar-refractivity contribution in [3.8, 4) is 11.4 Å². The van der Waals surface area contributed by atoms with Crippen molar-refractivity contribution in [2.45, 2.75) is 0 Å². The molecule has 10 heteroatoms. The molecule has 0 bridgehead atoms. The lowest BCUT2D eigenvalue weighted by molar-refractivity contribution is 0.0911. The molecular weight excluding hydrogens is 422 g/mol. The van der Waals surface area contributed by atoms with Gasteiger partial charge in [-0.25, -0.2) is 5.43 Å². The van der Waals surface area contributed by atoms with E-state index in [4.69, 9.17) is 50.9 Å². The Morgan fingerprint density at radius 3 is 2.19 bits per heavy atom. The van der Waals surface area contributed by atoms with Crippen LogP contribution < -0.4 is 5.43 Å².